The van der Waals surface area contributed by atoms with Crippen molar-refractivity contribution in [3.63, 3.8) is 0 Å². The second-order valence-electron chi connectivity index (χ2n) is 6.74. The number of rotatable bonds is 5. The Labute approximate surface area is 183 Å². The van der Waals surface area contributed by atoms with Crippen molar-refractivity contribution >= 4 is 23.2 Å². The first-order chi connectivity index (χ1) is 13.8. The van der Waals surface area contributed by atoms with Gasteiger partial charge in [0.2, 0.25) is 0 Å². The summed E-state index contributed by atoms with van der Waals surface area (Å²) in [5, 5.41) is 13.7. The van der Waals surface area contributed by atoms with Gasteiger partial charge in [0, 0.05) is 5.56 Å². The van der Waals surface area contributed by atoms with Crippen LogP contribution in [-0.4, -0.2) is 0 Å². The minimum absolute atomic E-state index is 0. The molecule has 0 bridgehead atoms. The Morgan fingerprint density at radius 1 is 0.552 bits per heavy atom. The first-order valence-electron chi connectivity index (χ1n) is 9.37. The highest BCUT2D eigenvalue weighted by Gasteiger charge is 2.45. The number of halogens is 1. The van der Waals surface area contributed by atoms with Crippen LogP contribution in [0.25, 0.3) is 0 Å². The van der Waals surface area contributed by atoms with Crippen LogP contribution >= 0.6 is 7.26 Å². The van der Waals surface area contributed by atoms with E-state index in [1.165, 1.54) is 15.9 Å². The van der Waals surface area contributed by atoms with Gasteiger partial charge in [-0.15, -0.1) is 0 Å². The quantitative estimate of drug-likeness (QED) is 0.420. The summed E-state index contributed by atoms with van der Waals surface area (Å²) in [4.78, 5) is 0. The zero-order valence-electron chi connectivity index (χ0n) is 15.9. The van der Waals surface area contributed by atoms with Crippen molar-refractivity contribution in [1.29, 1.82) is 5.26 Å². The molecule has 0 N–H and O–H groups in total. The summed E-state index contributed by atoms with van der Waals surface area (Å²) in [7, 11) is -1.97. The van der Waals surface area contributed by atoms with Crippen LogP contribution in [0.1, 0.15) is 11.1 Å². The predicted molar refractivity (Wildman–Crippen MR) is 120 cm³/mol. The van der Waals surface area contributed by atoms with Gasteiger partial charge in [0.1, 0.15) is 23.2 Å². The second-order valence-corrected chi connectivity index (χ2v) is 10.2. The molecule has 0 atom stereocenters. The smallest absolute Gasteiger partial charge is 0.116 e. The highest BCUT2D eigenvalue weighted by atomic mass is 79.9. The monoisotopic (exact) mass is 457 g/mol. The number of nitriles is 1. The molecule has 0 saturated heterocycles. The van der Waals surface area contributed by atoms with Crippen molar-refractivity contribution < 1.29 is 17.0 Å². The van der Waals surface area contributed by atoms with Gasteiger partial charge in [-0.2, -0.15) is 5.26 Å². The Hall–Kier alpha value is -2.72. The molecule has 0 unspecified atom stereocenters. The average Bonchev–Trinajstić information content (AvgIpc) is 2.79. The molecule has 1 nitrogen and oxygen atoms in total. The lowest BCUT2D eigenvalue weighted by atomic mass is 10.1. The lowest BCUT2D eigenvalue weighted by molar-refractivity contribution is -0.00000565. The van der Waals surface area contributed by atoms with Crippen LogP contribution < -0.4 is 32.9 Å². The third-order valence-electron chi connectivity index (χ3n) is 5.14. The molecule has 29 heavy (non-hydrogen) atoms. The van der Waals surface area contributed by atoms with E-state index in [0.29, 0.717) is 0 Å². The molecular formula is C26H21BrNP. The first-order valence-corrected chi connectivity index (χ1v) is 11.3. The van der Waals surface area contributed by atoms with Crippen molar-refractivity contribution in [2.75, 3.05) is 0 Å². The van der Waals surface area contributed by atoms with Gasteiger partial charge in [-0.1, -0.05) is 72.8 Å². The van der Waals surface area contributed by atoms with Gasteiger partial charge in [0.25, 0.3) is 0 Å². The summed E-state index contributed by atoms with van der Waals surface area (Å²) >= 11 is 0. The summed E-state index contributed by atoms with van der Waals surface area (Å²) in [6.07, 6.45) is 0.828. The molecule has 0 fully saturated rings. The molecule has 0 aromatic heterocycles. The lowest BCUT2D eigenvalue weighted by Crippen LogP contribution is -3.00. The topological polar surface area (TPSA) is 23.8 Å². The van der Waals surface area contributed by atoms with Crippen molar-refractivity contribution in [3.8, 4) is 6.07 Å². The molecule has 4 rings (SSSR count). The summed E-state index contributed by atoms with van der Waals surface area (Å²) < 4.78 is 0. The Balaban J connectivity index is 0.00000240. The average molecular weight is 458 g/mol. The van der Waals surface area contributed by atoms with Gasteiger partial charge in [0.15, 0.2) is 0 Å². The zero-order chi connectivity index (χ0) is 19.2. The molecule has 0 amide bonds. The fraction of sp³-hybridized carbons (Fsp3) is 0.0385. The van der Waals surface area contributed by atoms with E-state index in [0.717, 1.165) is 17.3 Å². The molecule has 0 saturated carbocycles. The van der Waals surface area contributed by atoms with E-state index in [1.54, 1.807) is 0 Å². The van der Waals surface area contributed by atoms with Crippen molar-refractivity contribution in [2.24, 2.45) is 0 Å². The molecule has 0 spiro atoms. The van der Waals surface area contributed by atoms with Crippen molar-refractivity contribution in [3.05, 3.63) is 126 Å². The molecule has 142 valence electrons. The minimum Gasteiger partial charge on any atom is -1.00 e. The third-order valence-corrected chi connectivity index (χ3v) is 9.49. The summed E-state index contributed by atoms with van der Waals surface area (Å²) in [6.45, 7) is 0. The van der Waals surface area contributed by atoms with Crippen LogP contribution in [-0.2, 0) is 6.16 Å². The SMILES string of the molecule is N#Cc1ccccc1C[P+](c1ccccc1)(c1ccccc1)c1ccccc1.[Br-]. The van der Waals surface area contributed by atoms with Gasteiger partial charge in [-0.3, -0.25) is 0 Å². The summed E-state index contributed by atoms with van der Waals surface area (Å²) in [5.41, 5.74) is 1.87. The van der Waals surface area contributed by atoms with Crippen molar-refractivity contribution in [2.45, 2.75) is 6.16 Å². The van der Waals surface area contributed by atoms with Crippen LogP contribution in [0.4, 0.5) is 0 Å². The highest BCUT2D eigenvalue weighted by molar-refractivity contribution is 7.95. The Morgan fingerprint density at radius 2 is 0.931 bits per heavy atom. The molecule has 0 aliphatic rings. The summed E-state index contributed by atoms with van der Waals surface area (Å²) in [6, 6.07) is 42.7. The maximum absolute atomic E-state index is 9.69. The van der Waals surface area contributed by atoms with E-state index in [-0.39, 0.29) is 17.0 Å². The normalized spacial score (nSPS) is 10.6. The van der Waals surface area contributed by atoms with Crippen LogP contribution in [0.15, 0.2) is 115 Å². The van der Waals surface area contributed by atoms with Gasteiger partial charge in [0.05, 0.1) is 17.8 Å². The standard InChI is InChI=1S/C26H21NP.BrH/c27-20-22-12-10-11-13-23(22)21-28(24-14-4-1-5-15-24,25-16-6-2-7-17-25)26-18-8-3-9-19-26;/h1-19H,21H2;1H/q+1;/p-1. The van der Waals surface area contributed by atoms with E-state index < -0.39 is 7.26 Å². The molecule has 0 heterocycles. The van der Waals surface area contributed by atoms with Gasteiger partial charge in [-0.25, -0.2) is 0 Å². The van der Waals surface area contributed by atoms with E-state index in [2.05, 4.69) is 103 Å². The Bertz CT molecular complexity index is 993. The van der Waals surface area contributed by atoms with Gasteiger partial charge < -0.3 is 17.0 Å². The molecule has 4 aromatic rings. The molecular weight excluding hydrogens is 437 g/mol. The lowest BCUT2D eigenvalue weighted by Gasteiger charge is -2.28. The van der Waals surface area contributed by atoms with E-state index >= 15 is 0 Å². The Kier molecular flexibility index (Phi) is 6.99. The highest BCUT2D eigenvalue weighted by Crippen LogP contribution is 2.58. The number of benzene rings is 4. The van der Waals surface area contributed by atoms with Gasteiger partial charge in [-0.05, 0) is 42.5 Å². The van der Waals surface area contributed by atoms with Crippen LogP contribution in [0.5, 0.6) is 0 Å². The van der Waals surface area contributed by atoms with E-state index in [9.17, 15) is 5.26 Å². The van der Waals surface area contributed by atoms with E-state index in [4.69, 9.17) is 0 Å². The van der Waals surface area contributed by atoms with Crippen LogP contribution in [0, 0.1) is 11.3 Å². The fourth-order valence-electron chi connectivity index (χ4n) is 3.79. The number of nitrogens with zero attached hydrogens (tertiary/aromatic N) is 1. The number of hydrogen-bond donors (Lipinski definition) is 0. The molecule has 0 aliphatic carbocycles. The third kappa shape index (κ3) is 4.18. The van der Waals surface area contributed by atoms with Crippen molar-refractivity contribution in [1.82, 2.24) is 0 Å². The second kappa shape index (κ2) is 9.66. The van der Waals surface area contributed by atoms with Gasteiger partial charge >= 0.3 is 0 Å². The first kappa shape index (κ1) is 21.0. The molecule has 0 radical (unpaired) electrons. The fourth-order valence-corrected chi connectivity index (χ4v) is 8.06. The largest absolute Gasteiger partial charge is 1.00 e. The van der Waals surface area contributed by atoms with Crippen LogP contribution in [0.2, 0.25) is 0 Å². The minimum atomic E-state index is -1.97. The molecule has 4 aromatic carbocycles. The van der Waals surface area contributed by atoms with E-state index in [1.807, 2.05) is 18.2 Å². The number of hydrogen-bond acceptors (Lipinski definition) is 1. The van der Waals surface area contributed by atoms with Crippen LogP contribution in [0.3, 0.4) is 0 Å². The summed E-state index contributed by atoms with van der Waals surface area (Å²) in [5.74, 6) is 0. The predicted octanol–water partition coefficient (Wildman–Crippen LogP) is 2.06. The molecule has 3 heteroatoms. The zero-order valence-corrected chi connectivity index (χ0v) is 18.4. The molecule has 0 aliphatic heterocycles. The Morgan fingerprint density at radius 3 is 1.34 bits per heavy atom. The maximum atomic E-state index is 9.69. The maximum Gasteiger partial charge on any atom is 0.116 e.